The molecule has 0 amide bonds. The monoisotopic (exact) mass is 1350 g/mol. The fourth-order valence-electron chi connectivity index (χ4n) is 16.4. The Hall–Kier alpha value is -14.2. The van der Waals surface area contributed by atoms with Gasteiger partial charge in [-0.15, -0.1) is 0 Å². The van der Waals surface area contributed by atoms with E-state index in [0.29, 0.717) is 11.8 Å². The van der Waals surface area contributed by atoms with E-state index in [-0.39, 0.29) is 0 Å². The van der Waals surface area contributed by atoms with E-state index < -0.39 is 0 Å². The first kappa shape index (κ1) is 60.6. The van der Waals surface area contributed by atoms with Crippen LogP contribution in [0.15, 0.2) is 373 Å². The number of hydrogen-bond donors (Lipinski definition) is 0. The number of fused-ring (bicyclic) bond motifs is 17. The third-order valence-corrected chi connectivity index (χ3v) is 21.4. The Labute approximate surface area is 609 Å². The number of benzene rings is 18. The van der Waals surface area contributed by atoms with Gasteiger partial charge in [-0.1, -0.05) is 303 Å². The summed E-state index contributed by atoms with van der Waals surface area (Å²) in [6.45, 7) is 0. The van der Waals surface area contributed by atoms with Gasteiger partial charge in [0.05, 0.1) is 22.4 Å². The number of rotatable bonds is 8. The van der Waals surface area contributed by atoms with Crippen LogP contribution >= 0.6 is 0 Å². The molecule has 4 aromatic heterocycles. The minimum atomic E-state index is 0.616. The van der Waals surface area contributed by atoms with Gasteiger partial charge in [-0.2, -0.15) is 0 Å². The van der Waals surface area contributed by atoms with E-state index >= 15 is 0 Å². The number of hydrogen-bond acceptors (Lipinski definition) is 6. The van der Waals surface area contributed by atoms with Crippen molar-refractivity contribution in [3.05, 3.63) is 364 Å². The lowest BCUT2D eigenvalue weighted by Crippen LogP contribution is -1.94. The second-order valence-electron chi connectivity index (χ2n) is 27.4. The first-order chi connectivity index (χ1) is 52.5. The molecule has 4 heterocycles. The van der Waals surface area contributed by atoms with E-state index in [1.54, 1.807) is 0 Å². The fourth-order valence-corrected chi connectivity index (χ4v) is 16.4. The molecule has 6 heteroatoms. The van der Waals surface area contributed by atoms with Crippen LogP contribution < -0.4 is 0 Å². The normalized spacial score (nSPS) is 11.8. The predicted molar refractivity (Wildman–Crippen MR) is 442 cm³/mol. The largest absolute Gasteiger partial charge is 0.436 e. The summed E-state index contributed by atoms with van der Waals surface area (Å²) in [5.41, 5.74) is 20.7. The van der Waals surface area contributed by atoms with Crippen LogP contribution in [0.2, 0.25) is 0 Å². The van der Waals surface area contributed by atoms with Gasteiger partial charge in [0, 0.05) is 54.6 Å². The second kappa shape index (κ2) is 24.8. The standard InChI is InChI=1S/C54H32N2O.C46H28N2O/c1-3-17-37-33(13-1)15-11-25-39(37)48-32-50(43-26-12-16-34-14-2-4-18-38(34)43)55-51-44-22-8-6-21-42(44)47(31-49(48)51)35-27-29-36(30-28-35)54-56-52-45-23-9-5-19-40(45)41-20-7-10-24-46(41)53(52)57-54;1-3-15-33-29(11-1)13-9-19-35(33)40-28-43(37-20-10-14-30-12-2-4-16-34(30)37)47-45-38-18-6-5-17-36(38)39(27-41(40)45)31-23-25-32(26-24-31)46-48-42-21-7-8-22-44(42)49-46/h1-32H;1-28H. The van der Waals surface area contributed by atoms with Crippen molar-refractivity contribution < 1.29 is 8.83 Å². The molecule has 22 aromatic rings. The zero-order valence-corrected chi connectivity index (χ0v) is 57.2. The molecule has 0 aliphatic rings. The summed E-state index contributed by atoms with van der Waals surface area (Å²) < 4.78 is 12.7. The lowest BCUT2D eigenvalue weighted by molar-refractivity contribution is 0.620. The molecule has 0 N–H and O–H groups in total. The van der Waals surface area contributed by atoms with Gasteiger partial charge in [-0.3, -0.25) is 0 Å². The number of aromatic nitrogens is 4. The molecule has 0 saturated carbocycles. The molecule has 22 rings (SSSR count). The minimum absolute atomic E-state index is 0.616. The highest BCUT2D eigenvalue weighted by Gasteiger charge is 2.23. The third kappa shape index (κ3) is 10.1. The molecule has 0 aliphatic carbocycles. The molecule has 0 unspecified atom stereocenters. The molecule has 0 aliphatic heterocycles. The van der Waals surface area contributed by atoms with Gasteiger partial charge in [-0.05, 0) is 170 Å². The SMILES string of the molecule is c1ccc2c(-c3cc(-c4cccc5ccccc45)c4cc(-c5ccc(-c6nc7c8ccccc8c8ccccc8c7o6)cc5)c5ccccc5c4n3)cccc2c1.c1ccc2c(-c3cc(-c4cccc5ccccc45)c4cc(-c5ccc(-c6nc7ccccc7o6)cc5)c5ccccc5c4n3)cccc2c1. The van der Waals surface area contributed by atoms with Crippen LogP contribution in [0.25, 0.3) is 220 Å². The number of para-hydroxylation sites is 2. The van der Waals surface area contributed by atoms with Crippen LogP contribution in [0.1, 0.15) is 0 Å². The Morgan fingerprint density at radius 1 is 0.179 bits per heavy atom. The van der Waals surface area contributed by atoms with Gasteiger partial charge in [0.15, 0.2) is 11.2 Å². The highest BCUT2D eigenvalue weighted by molar-refractivity contribution is 6.24. The molecule has 0 fully saturated rings. The summed E-state index contributed by atoms with van der Waals surface area (Å²) in [6, 6.07) is 129. The van der Waals surface area contributed by atoms with E-state index in [1.165, 1.54) is 70.6 Å². The fraction of sp³-hybridized carbons (Fsp3) is 0. The zero-order valence-electron chi connectivity index (χ0n) is 57.2. The summed E-state index contributed by atoms with van der Waals surface area (Å²) in [5.74, 6) is 1.24. The van der Waals surface area contributed by atoms with E-state index in [0.717, 1.165) is 138 Å². The van der Waals surface area contributed by atoms with Crippen LogP contribution in [-0.4, -0.2) is 19.9 Å². The Kier molecular flexibility index (Phi) is 14.2. The predicted octanol–water partition coefficient (Wildman–Crippen LogP) is 27.3. The molecule has 18 aromatic carbocycles. The topological polar surface area (TPSA) is 77.8 Å². The summed E-state index contributed by atoms with van der Waals surface area (Å²) >= 11 is 0. The summed E-state index contributed by atoms with van der Waals surface area (Å²) in [4.78, 5) is 20.8. The highest BCUT2D eigenvalue weighted by Crippen LogP contribution is 2.47. The maximum absolute atomic E-state index is 6.60. The van der Waals surface area contributed by atoms with Crippen molar-refractivity contribution in [1.29, 1.82) is 0 Å². The van der Waals surface area contributed by atoms with Gasteiger partial charge in [0.1, 0.15) is 11.0 Å². The minimum Gasteiger partial charge on any atom is -0.436 e. The molecule has 0 saturated heterocycles. The van der Waals surface area contributed by atoms with E-state index in [4.69, 9.17) is 28.8 Å². The summed E-state index contributed by atoms with van der Waals surface area (Å²) in [6.07, 6.45) is 0. The molecule has 106 heavy (non-hydrogen) atoms. The van der Waals surface area contributed by atoms with Crippen molar-refractivity contribution in [3.8, 4) is 89.9 Å². The Morgan fingerprint density at radius 3 is 0.962 bits per heavy atom. The van der Waals surface area contributed by atoms with Crippen LogP contribution in [0, 0.1) is 0 Å². The first-order valence-corrected chi connectivity index (χ1v) is 36.0. The summed E-state index contributed by atoms with van der Waals surface area (Å²) in [5, 5.41) is 21.0. The number of nitrogens with zero attached hydrogens (tertiary/aromatic N) is 4. The van der Waals surface area contributed by atoms with Crippen LogP contribution in [0.3, 0.4) is 0 Å². The van der Waals surface area contributed by atoms with E-state index in [1.807, 2.05) is 24.3 Å². The second-order valence-corrected chi connectivity index (χ2v) is 27.4. The van der Waals surface area contributed by atoms with Gasteiger partial charge in [0.25, 0.3) is 0 Å². The number of oxazole rings is 2. The quantitative estimate of drug-likeness (QED) is 0.141. The van der Waals surface area contributed by atoms with Crippen LogP contribution in [-0.2, 0) is 0 Å². The maximum atomic E-state index is 6.60. The average molecular weight is 1350 g/mol. The Balaban J connectivity index is 0.000000138. The summed E-state index contributed by atoms with van der Waals surface area (Å²) in [7, 11) is 0. The van der Waals surface area contributed by atoms with Crippen LogP contribution in [0.5, 0.6) is 0 Å². The zero-order chi connectivity index (χ0) is 69.8. The maximum Gasteiger partial charge on any atom is 0.227 e. The van der Waals surface area contributed by atoms with E-state index in [9.17, 15) is 0 Å². The lowest BCUT2D eigenvalue weighted by atomic mass is 9.89. The Bertz CT molecular complexity index is 7210. The van der Waals surface area contributed by atoms with Crippen molar-refractivity contribution >= 4 is 130 Å². The molecular formula is C100H60N4O2. The van der Waals surface area contributed by atoms with Crippen molar-refractivity contribution in [2.45, 2.75) is 0 Å². The molecule has 492 valence electrons. The molecule has 6 nitrogen and oxygen atoms in total. The van der Waals surface area contributed by atoms with Gasteiger partial charge >= 0.3 is 0 Å². The van der Waals surface area contributed by atoms with Crippen molar-refractivity contribution in [1.82, 2.24) is 19.9 Å². The van der Waals surface area contributed by atoms with Crippen molar-refractivity contribution in [2.75, 3.05) is 0 Å². The highest BCUT2D eigenvalue weighted by atomic mass is 16.4. The Morgan fingerprint density at radius 2 is 0.509 bits per heavy atom. The molecule has 0 bridgehead atoms. The van der Waals surface area contributed by atoms with Gasteiger partial charge < -0.3 is 8.83 Å². The van der Waals surface area contributed by atoms with Crippen molar-refractivity contribution in [2.24, 2.45) is 0 Å². The van der Waals surface area contributed by atoms with Gasteiger partial charge in [0.2, 0.25) is 11.8 Å². The molecule has 0 spiro atoms. The van der Waals surface area contributed by atoms with Crippen molar-refractivity contribution in [3.63, 3.8) is 0 Å². The molecular weight excluding hydrogens is 1290 g/mol. The smallest absolute Gasteiger partial charge is 0.227 e. The first-order valence-electron chi connectivity index (χ1n) is 36.0. The number of pyridine rings is 2. The van der Waals surface area contributed by atoms with Crippen LogP contribution in [0.4, 0.5) is 0 Å². The molecule has 0 radical (unpaired) electrons. The third-order valence-electron chi connectivity index (χ3n) is 21.4. The lowest BCUT2D eigenvalue weighted by Gasteiger charge is -2.17. The van der Waals surface area contributed by atoms with Gasteiger partial charge in [-0.25, -0.2) is 19.9 Å². The molecule has 0 atom stereocenters. The van der Waals surface area contributed by atoms with E-state index in [2.05, 4.69) is 340 Å². The average Bonchev–Trinajstić information content (AvgIpc) is 0.862.